The van der Waals surface area contributed by atoms with Gasteiger partial charge < -0.3 is 15.0 Å². The van der Waals surface area contributed by atoms with Crippen molar-refractivity contribution in [2.45, 2.75) is 13.5 Å². The third kappa shape index (κ3) is 5.19. The van der Waals surface area contributed by atoms with Crippen LogP contribution in [-0.4, -0.2) is 38.3 Å². The second-order valence-electron chi connectivity index (χ2n) is 4.14. The molecule has 0 atom stereocenters. The van der Waals surface area contributed by atoms with Crippen LogP contribution in [0.4, 0.5) is 5.82 Å². The van der Waals surface area contributed by atoms with Crippen LogP contribution in [0.5, 0.6) is 0 Å². The number of nitrogens with zero attached hydrogens (tertiary/aromatic N) is 2. The fourth-order valence-corrected chi connectivity index (χ4v) is 1.86. The van der Waals surface area contributed by atoms with Crippen molar-refractivity contribution in [2.24, 2.45) is 0 Å². The Morgan fingerprint density at radius 3 is 3.00 bits per heavy atom. The highest BCUT2D eigenvalue weighted by atomic mass is 35.5. The first-order chi connectivity index (χ1) is 9.22. The van der Waals surface area contributed by atoms with E-state index in [-0.39, 0.29) is 0 Å². The summed E-state index contributed by atoms with van der Waals surface area (Å²) in [5.41, 5.74) is 1.06. The van der Waals surface area contributed by atoms with E-state index in [1.807, 2.05) is 12.1 Å². The van der Waals surface area contributed by atoms with Crippen LogP contribution < -0.4 is 10.2 Å². The fraction of sp³-hybridized carbons (Fsp3) is 0.500. The van der Waals surface area contributed by atoms with Gasteiger partial charge in [0, 0.05) is 32.9 Å². The van der Waals surface area contributed by atoms with Gasteiger partial charge in [-0.15, -0.1) is 6.58 Å². The van der Waals surface area contributed by atoms with E-state index < -0.39 is 0 Å². The molecule has 0 aliphatic rings. The maximum Gasteiger partial charge on any atom is 0.129 e. The summed E-state index contributed by atoms with van der Waals surface area (Å²) in [7, 11) is 1.69. The molecule has 0 aliphatic carbocycles. The van der Waals surface area contributed by atoms with E-state index in [9.17, 15) is 0 Å². The summed E-state index contributed by atoms with van der Waals surface area (Å²) in [6.07, 6.45) is 3.56. The Hall–Kier alpha value is -1.10. The molecule has 0 amide bonds. The molecule has 4 nitrogen and oxygen atoms in total. The number of ether oxygens (including phenoxy) is 1. The summed E-state index contributed by atoms with van der Waals surface area (Å²) in [5.74, 6) is 0.897. The van der Waals surface area contributed by atoms with Gasteiger partial charge in [0.05, 0.1) is 11.6 Å². The van der Waals surface area contributed by atoms with E-state index in [2.05, 4.69) is 28.7 Å². The molecule has 1 heterocycles. The number of anilines is 1. The number of nitrogens with one attached hydrogen (secondary N) is 1. The van der Waals surface area contributed by atoms with Gasteiger partial charge in [0.2, 0.25) is 0 Å². The number of rotatable bonds is 9. The molecule has 0 saturated carbocycles. The smallest absolute Gasteiger partial charge is 0.129 e. The minimum Gasteiger partial charge on any atom is -0.383 e. The first kappa shape index (κ1) is 16.0. The zero-order chi connectivity index (χ0) is 14.1. The number of hydrogen-bond donors (Lipinski definition) is 1. The number of halogens is 1. The Morgan fingerprint density at radius 2 is 2.37 bits per heavy atom. The first-order valence-corrected chi connectivity index (χ1v) is 6.80. The molecule has 1 N–H and O–H groups in total. The van der Waals surface area contributed by atoms with E-state index in [0.29, 0.717) is 11.6 Å². The van der Waals surface area contributed by atoms with Crippen LogP contribution in [-0.2, 0) is 11.3 Å². The Kier molecular flexibility index (Phi) is 7.48. The van der Waals surface area contributed by atoms with Crippen LogP contribution in [0.25, 0.3) is 0 Å². The predicted molar refractivity (Wildman–Crippen MR) is 80.9 cm³/mol. The first-order valence-electron chi connectivity index (χ1n) is 6.42. The lowest BCUT2D eigenvalue weighted by Gasteiger charge is -2.22. The summed E-state index contributed by atoms with van der Waals surface area (Å²) in [5, 5.41) is 3.96. The summed E-state index contributed by atoms with van der Waals surface area (Å²) < 4.78 is 5.12. The van der Waals surface area contributed by atoms with Gasteiger partial charge in [-0.05, 0) is 18.2 Å². The zero-order valence-corrected chi connectivity index (χ0v) is 12.4. The van der Waals surface area contributed by atoms with Gasteiger partial charge in [-0.25, -0.2) is 4.98 Å². The van der Waals surface area contributed by atoms with Crippen LogP contribution in [0.15, 0.2) is 24.9 Å². The molecule has 0 bridgehead atoms. The van der Waals surface area contributed by atoms with Crippen molar-refractivity contribution in [3.8, 4) is 0 Å². The molecule has 1 aromatic rings. The van der Waals surface area contributed by atoms with Gasteiger partial charge in [-0.3, -0.25) is 0 Å². The summed E-state index contributed by atoms with van der Waals surface area (Å²) in [4.78, 5) is 6.50. The van der Waals surface area contributed by atoms with Crippen molar-refractivity contribution in [1.29, 1.82) is 0 Å². The topological polar surface area (TPSA) is 37.4 Å². The second-order valence-corrected chi connectivity index (χ2v) is 4.55. The lowest BCUT2D eigenvalue weighted by Crippen LogP contribution is -2.28. The zero-order valence-electron chi connectivity index (χ0n) is 11.7. The molecule has 1 aromatic heterocycles. The van der Waals surface area contributed by atoms with E-state index in [1.54, 1.807) is 13.3 Å². The van der Waals surface area contributed by atoms with E-state index >= 15 is 0 Å². The summed E-state index contributed by atoms with van der Waals surface area (Å²) in [6.45, 7) is 9.66. The number of pyridine rings is 1. The standard InChI is InChI=1S/C14H22ClN3O/c1-4-6-18(7-8-19-3)14-9-12(10-16-5-2)13(15)11-17-14/h4,9,11,16H,1,5-8,10H2,2-3H3. The number of methoxy groups -OCH3 is 1. The highest BCUT2D eigenvalue weighted by molar-refractivity contribution is 6.31. The molecule has 0 unspecified atom stereocenters. The molecular formula is C14H22ClN3O. The molecule has 19 heavy (non-hydrogen) atoms. The van der Waals surface area contributed by atoms with Crippen LogP contribution in [0, 0.1) is 0 Å². The van der Waals surface area contributed by atoms with E-state index in [4.69, 9.17) is 16.3 Å². The van der Waals surface area contributed by atoms with E-state index in [1.165, 1.54) is 0 Å². The highest BCUT2D eigenvalue weighted by Gasteiger charge is 2.09. The molecule has 106 valence electrons. The SMILES string of the molecule is C=CCN(CCOC)c1cc(CNCC)c(Cl)cn1. The van der Waals surface area contributed by atoms with Crippen molar-refractivity contribution in [3.05, 3.63) is 35.5 Å². The monoisotopic (exact) mass is 283 g/mol. The molecular weight excluding hydrogens is 262 g/mol. The Labute approximate surface area is 120 Å². The van der Waals surface area contributed by atoms with Crippen molar-refractivity contribution in [1.82, 2.24) is 10.3 Å². The molecule has 0 aliphatic heterocycles. The maximum atomic E-state index is 6.15. The third-order valence-corrected chi connectivity index (χ3v) is 3.06. The molecule has 1 rings (SSSR count). The van der Waals surface area contributed by atoms with Crippen LogP contribution >= 0.6 is 11.6 Å². The average molecular weight is 284 g/mol. The van der Waals surface area contributed by atoms with Gasteiger partial charge in [0.25, 0.3) is 0 Å². The Morgan fingerprint density at radius 1 is 1.58 bits per heavy atom. The average Bonchev–Trinajstić information content (AvgIpc) is 2.43. The van der Waals surface area contributed by atoms with Crippen molar-refractivity contribution in [3.63, 3.8) is 0 Å². The molecule has 0 radical (unpaired) electrons. The molecule has 0 aromatic carbocycles. The van der Waals surface area contributed by atoms with Crippen LogP contribution in [0.2, 0.25) is 5.02 Å². The highest BCUT2D eigenvalue weighted by Crippen LogP contribution is 2.20. The van der Waals surface area contributed by atoms with Gasteiger partial charge in [-0.2, -0.15) is 0 Å². The fourth-order valence-electron chi connectivity index (χ4n) is 1.69. The minimum absolute atomic E-state index is 0.653. The molecule has 0 fully saturated rings. The normalized spacial score (nSPS) is 10.5. The summed E-state index contributed by atoms with van der Waals surface area (Å²) >= 11 is 6.15. The number of aromatic nitrogens is 1. The maximum absolute atomic E-state index is 6.15. The molecule has 0 saturated heterocycles. The lowest BCUT2D eigenvalue weighted by atomic mass is 10.2. The van der Waals surface area contributed by atoms with Gasteiger partial charge in [-0.1, -0.05) is 24.6 Å². The summed E-state index contributed by atoms with van der Waals surface area (Å²) in [6, 6.07) is 2.02. The van der Waals surface area contributed by atoms with E-state index in [0.717, 1.165) is 37.6 Å². The van der Waals surface area contributed by atoms with Crippen molar-refractivity contribution in [2.75, 3.05) is 38.3 Å². The van der Waals surface area contributed by atoms with Crippen molar-refractivity contribution < 1.29 is 4.74 Å². The number of hydrogen-bond acceptors (Lipinski definition) is 4. The van der Waals surface area contributed by atoms with Crippen molar-refractivity contribution >= 4 is 17.4 Å². The van der Waals surface area contributed by atoms with Gasteiger partial charge in [0.15, 0.2) is 0 Å². The Balaban J connectivity index is 2.86. The molecule has 5 heteroatoms. The molecule has 0 spiro atoms. The second kappa shape index (κ2) is 8.91. The third-order valence-electron chi connectivity index (χ3n) is 2.72. The largest absolute Gasteiger partial charge is 0.383 e. The van der Waals surface area contributed by atoms with Crippen LogP contribution in [0.3, 0.4) is 0 Å². The Bertz CT molecular complexity index is 398. The van der Waals surface area contributed by atoms with Gasteiger partial charge in [0.1, 0.15) is 5.82 Å². The quantitative estimate of drug-likeness (QED) is 0.707. The predicted octanol–water partition coefficient (Wildman–Crippen LogP) is 2.48. The lowest BCUT2D eigenvalue weighted by molar-refractivity contribution is 0.205. The van der Waals surface area contributed by atoms with Crippen LogP contribution in [0.1, 0.15) is 12.5 Å². The minimum atomic E-state index is 0.653. The van der Waals surface area contributed by atoms with Gasteiger partial charge >= 0.3 is 0 Å².